The zero-order valence-corrected chi connectivity index (χ0v) is 17.5. The number of para-hydroxylation sites is 1. The molecule has 0 radical (unpaired) electrons. The number of aromatic nitrogens is 3. The summed E-state index contributed by atoms with van der Waals surface area (Å²) in [4.78, 5) is 8.61. The molecule has 2 aromatic carbocycles. The number of fused-ring (bicyclic) bond motifs is 4. The van der Waals surface area contributed by atoms with E-state index in [0.29, 0.717) is 16.9 Å². The van der Waals surface area contributed by atoms with E-state index < -0.39 is 24.4 Å². The molecule has 6 rings (SSSR count). The number of anilines is 1. The summed E-state index contributed by atoms with van der Waals surface area (Å²) < 4.78 is 13.6. The number of aliphatic hydroxyl groups excluding tert-OH is 3. The van der Waals surface area contributed by atoms with Crippen molar-refractivity contribution in [3.63, 3.8) is 0 Å². The molecule has 0 bridgehead atoms. The highest BCUT2D eigenvalue weighted by atomic mass is 16.6. The molecule has 9 nitrogen and oxygen atoms in total. The van der Waals surface area contributed by atoms with Crippen LogP contribution in [0.1, 0.15) is 0 Å². The van der Waals surface area contributed by atoms with Crippen LogP contribution in [0.25, 0.3) is 44.2 Å². The maximum absolute atomic E-state index is 10.4. The number of nitrogens with two attached hydrogens (primary N) is 1. The Morgan fingerprint density at radius 3 is 2.61 bits per heavy atom. The molecule has 0 unspecified atom stereocenters. The van der Waals surface area contributed by atoms with Crippen LogP contribution in [-0.2, 0) is 11.3 Å². The molecule has 5 aromatic rings. The highest BCUT2D eigenvalue weighted by Crippen LogP contribution is 2.36. The molecule has 1 aliphatic heterocycles. The second-order valence-corrected chi connectivity index (χ2v) is 8.33. The number of rotatable bonds is 4. The fourth-order valence-electron chi connectivity index (χ4n) is 4.71. The van der Waals surface area contributed by atoms with Crippen LogP contribution in [-0.4, -0.2) is 60.9 Å². The summed E-state index contributed by atoms with van der Waals surface area (Å²) in [6.45, 7) is -0.160. The number of nitrogen functional groups attached to an aromatic ring is 1. The van der Waals surface area contributed by atoms with Crippen LogP contribution in [0.5, 0.6) is 0 Å². The Bertz CT molecular complexity index is 1460. The van der Waals surface area contributed by atoms with Gasteiger partial charge in [0, 0.05) is 16.3 Å². The van der Waals surface area contributed by atoms with Gasteiger partial charge in [-0.25, -0.2) is 9.97 Å². The van der Waals surface area contributed by atoms with Crippen LogP contribution >= 0.6 is 0 Å². The predicted octanol–water partition coefficient (Wildman–Crippen LogP) is 2.06. The molecule has 0 amide bonds. The van der Waals surface area contributed by atoms with Crippen molar-refractivity contribution in [2.45, 2.75) is 31.0 Å². The molecule has 5 N–H and O–H groups in total. The SMILES string of the molecule is Nc1ncnc2c1c1cc(-c3cc4ccccc4o3)ccc1n2C[C@@H]1O[C@H](CO)[C@@H](O)[C@H]1O. The third kappa shape index (κ3) is 3.09. The molecule has 1 saturated heterocycles. The summed E-state index contributed by atoms with van der Waals surface area (Å²) >= 11 is 0. The van der Waals surface area contributed by atoms with E-state index in [-0.39, 0.29) is 13.2 Å². The molecule has 33 heavy (non-hydrogen) atoms. The third-order valence-corrected chi connectivity index (χ3v) is 6.38. The first-order valence-corrected chi connectivity index (χ1v) is 10.7. The lowest BCUT2D eigenvalue weighted by molar-refractivity contribution is -0.0259. The summed E-state index contributed by atoms with van der Waals surface area (Å²) in [5.74, 6) is 1.07. The predicted molar refractivity (Wildman–Crippen MR) is 122 cm³/mol. The van der Waals surface area contributed by atoms with Gasteiger partial charge < -0.3 is 34.8 Å². The number of benzene rings is 2. The number of hydrogen-bond donors (Lipinski definition) is 4. The summed E-state index contributed by atoms with van der Waals surface area (Å²) in [7, 11) is 0. The highest BCUT2D eigenvalue weighted by molar-refractivity contribution is 6.12. The second kappa shape index (κ2) is 7.53. The maximum Gasteiger partial charge on any atom is 0.146 e. The molecular formula is C24H22N4O5. The van der Waals surface area contributed by atoms with Crippen LogP contribution in [0.4, 0.5) is 5.82 Å². The molecule has 1 aliphatic rings. The van der Waals surface area contributed by atoms with Gasteiger partial charge in [-0.2, -0.15) is 0 Å². The van der Waals surface area contributed by atoms with Gasteiger partial charge in [0.2, 0.25) is 0 Å². The summed E-state index contributed by atoms with van der Waals surface area (Å²) in [6, 6.07) is 15.7. The third-order valence-electron chi connectivity index (χ3n) is 6.38. The van der Waals surface area contributed by atoms with E-state index >= 15 is 0 Å². The van der Waals surface area contributed by atoms with Gasteiger partial charge in [-0.3, -0.25) is 0 Å². The second-order valence-electron chi connectivity index (χ2n) is 8.33. The average Bonchev–Trinajstić information content (AvgIpc) is 3.48. The normalized spacial score (nSPS) is 23.2. The largest absolute Gasteiger partial charge is 0.456 e. The van der Waals surface area contributed by atoms with Gasteiger partial charge in [0.25, 0.3) is 0 Å². The van der Waals surface area contributed by atoms with E-state index in [9.17, 15) is 15.3 Å². The van der Waals surface area contributed by atoms with Crippen molar-refractivity contribution in [3.8, 4) is 11.3 Å². The lowest BCUT2D eigenvalue weighted by Gasteiger charge is -2.17. The van der Waals surface area contributed by atoms with Crippen LogP contribution < -0.4 is 5.73 Å². The smallest absolute Gasteiger partial charge is 0.146 e. The van der Waals surface area contributed by atoms with Crippen molar-refractivity contribution in [2.24, 2.45) is 0 Å². The summed E-state index contributed by atoms with van der Waals surface area (Å²) in [5.41, 5.74) is 9.36. The Hall–Kier alpha value is -3.50. The van der Waals surface area contributed by atoms with Crippen LogP contribution in [0.3, 0.4) is 0 Å². The van der Waals surface area contributed by atoms with Gasteiger partial charge >= 0.3 is 0 Å². The molecule has 9 heteroatoms. The van der Waals surface area contributed by atoms with Gasteiger partial charge in [-0.05, 0) is 30.3 Å². The lowest BCUT2D eigenvalue weighted by Crippen LogP contribution is -2.35. The van der Waals surface area contributed by atoms with Crippen molar-refractivity contribution >= 4 is 38.7 Å². The van der Waals surface area contributed by atoms with Gasteiger partial charge in [-0.1, -0.05) is 18.2 Å². The molecule has 0 saturated carbocycles. The molecule has 1 fully saturated rings. The summed E-state index contributed by atoms with van der Waals surface area (Å²) in [5, 5.41) is 32.6. The molecule has 0 aliphatic carbocycles. The highest BCUT2D eigenvalue weighted by Gasteiger charge is 2.42. The van der Waals surface area contributed by atoms with Crippen molar-refractivity contribution in [1.29, 1.82) is 0 Å². The van der Waals surface area contributed by atoms with Gasteiger partial charge in [0.15, 0.2) is 0 Å². The quantitative estimate of drug-likeness (QED) is 0.329. The first kappa shape index (κ1) is 20.1. The van der Waals surface area contributed by atoms with Crippen LogP contribution in [0, 0.1) is 0 Å². The lowest BCUT2D eigenvalue weighted by atomic mass is 10.1. The van der Waals surface area contributed by atoms with Crippen molar-refractivity contribution in [2.75, 3.05) is 12.3 Å². The van der Waals surface area contributed by atoms with Crippen molar-refractivity contribution < 1.29 is 24.5 Å². The van der Waals surface area contributed by atoms with E-state index in [0.717, 1.165) is 33.2 Å². The van der Waals surface area contributed by atoms with E-state index in [1.54, 1.807) is 0 Å². The van der Waals surface area contributed by atoms with E-state index in [1.165, 1.54) is 6.33 Å². The number of aliphatic hydroxyl groups is 3. The molecule has 168 valence electrons. The Kier molecular flexibility index (Phi) is 4.59. The fraction of sp³-hybridized carbons (Fsp3) is 0.250. The Labute approximate surface area is 187 Å². The first-order valence-electron chi connectivity index (χ1n) is 10.7. The van der Waals surface area contributed by atoms with Gasteiger partial charge in [-0.15, -0.1) is 0 Å². The van der Waals surface area contributed by atoms with Gasteiger partial charge in [0.1, 0.15) is 53.6 Å². The molecule has 4 heterocycles. The minimum Gasteiger partial charge on any atom is -0.456 e. The topological polar surface area (TPSA) is 140 Å². The Morgan fingerprint density at radius 2 is 1.82 bits per heavy atom. The standard InChI is InChI=1S/C24H22N4O5/c25-23-20-14-7-13(17-8-12-3-1-2-4-16(12)32-17)5-6-15(14)28(24(20)27-11-26-23)9-18-21(30)22(31)19(10-29)33-18/h1-8,11,18-19,21-22,29-31H,9-10H2,(H2,25,26,27)/t18-,19+,21-,22+/m0/s1. The Morgan fingerprint density at radius 1 is 1.00 bits per heavy atom. The molecule has 0 spiro atoms. The zero-order chi connectivity index (χ0) is 22.7. The van der Waals surface area contributed by atoms with Gasteiger partial charge in [0.05, 0.1) is 24.1 Å². The first-order chi connectivity index (χ1) is 16.0. The number of nitrogens with zero attached hydrogens (tertiary/aromatic N) is 3. The number of furan rings is 1. The van der Waals surface area contributed by atoms with Crippen molar-refractivity contribution in [3.05, 3.63) is 54.9 Å². The minimum absolute atomic E-state index is 0.217. The van der Waals surface area contributed by atoms with Crippen LogP contribution in [0.2, 0.25) is 0 Å². The fourth-order valence-corrected chi connectivity index (χ4v) is 4.71. The molecule has 4 atom stereocenters. The maximum atomic E-state index is 10.4. The van der Waals surface area contributed by atoms with E-state index in [2.05, 4.69) is 9.97 Å². The van der Waals surface area contributed by atoms with Crippen molar-refractivity contribution in [1.82, 2.24) is 14.5 Å². The monoisotopic (exact) mass is 446 g/mol. The van der Waals surface area contributed by atoms with Crippen LogP contribution in [0.15, 0.2) is 59.3 Å². The average molecular weight is 446 g/mol. The number of hydrogen-bond acceptors (Lipinski definition) is 8. The van der Waals surface area contributed by atoms with E-state index in [4.69, 9.17) is 14.9 Å². The summed E-state index contributed by atoms with van der Waals surface area (Å²) in [6.07, 6.45) is -2.46. The molecule has 3 aromatic heterocycles. The minimum atomic E-state index is -1.16. The Balaban J connectivity index is 1.49. The number of ether oxygens (including phenoxy) is 1. The molecular weight excluding hydrogens is 424 g/mol. The van der Waals surface area contributed by atoms with E-state index in [1.807, 2.05) is 53.1 Å². The zero-order valence-electron chi connectivity index (χ0n) is 17.5.